The maximum atomic E-state index is 13.2. The van der Waals surface area contributed by atoms with Crippen LogP contribution in [0.4, 0.5) is 0 Å². The first-order valence-corrected chi connectivity index (χ1v) is 32.0. The summed E-state index contributed by atoms with van der Waals surface area (Å²) in [6.45, 7) is 5.95. The molecule has 0 saturated carbocycles. The van der Waals surface area contributed by atoms with Crippen LogP contribution in [-0.4, -0.2) is 89.2 Å². The molecule has 0 radical (unpaired) electrons. The van der Waals surface area contributed by atoms with Crippen molar-refractivity contribution in [2.24, 2.45) is 0 Å². The summed E-state index contributed by atoms with van der Waals surface area (Å²) in [6.07, 6.45) is 51.1. The molecule has 0 amide bonds. The minimum Gasteiger partial charge on any atom is -0.479 e. The number of unbranched alkanes of at least 4 members (excludes halogenated alkanes) is 35. The smallest absolute Gasteiger partial charge is 0.335 e. The Bertz CT molecular complexity index is 1480. The van der Waals surface area contributed by atoms with Crippen LogP contribution in [0.3, 0.4) is 0 Å². The molecule has 12 nitrogen and oxygen atoms in total. The summed E-state index contributed by atoms with van der Waals surface area (Å²) >= 11 is 0. The summed E-state index contributed by atoms with van der Waals surface area (Å²) in [4.78, 5) is 51.2. The normalized spacial score (nSPS) is 18.2. The number of esters is 3. The second-order valence-corrected chi connectivity index (χ2v) is 22.0. The van der Waals surface area contributed by atoms with Gasteiger partial charge in [-0.1, -0.05) is 250 Å². The van der Waals surface area contributed by atoms with Gasteiger partial charge in [-0.25, -0.2) is 4.79 Å². The number of carboxylic acid groups (broad SMARTS) is 1. The first-order chi connectivity index (χ1) is 37.6. The van der Waals surface area contributed by atoms with E-state index < -0.39 is 67.3 Å². The molecule has 1 fully saturated rings. The van der Waals surface area contributed by atoms with Crippen LogP contribution in [0.1, 0.15) is 303 Å². The summed E-state index contributed by atoms with van der Waals surface area (Å²) in [7, 11) is 0. The predicted octanol–water partition coefficient (Wildman–Crippen LogP) is 16.8. The van der Waals surface area contributed by atoms with Gasteiger partial charge in [0.1, 0.15) is 18.8 Å². The molecule has 0 aromatic carbocycles. The Labute approximate surface area is 470 Å². The molecule has 1 saturated heterocycles. The molecule has 6 unspecified atom stereocenters. The molecule has 6 atom stereocenters. The van der Waals surface area contributed by atoms with E-state index in [4.69, 9.17) is 23.7 Å². The van der Waals surface area contributed by atoms with Gasteiger partial charge >= 0.3 is 23.9 Å². The van der Waals surface area contributed by atoms with Crippen LogP contribution in [0.25, 0.3) is 0 Å². The number of hydrogen-bond donors (Lipinski definition) is 3. The van der Waals surface area contributed by atoms with Crippen molar-refractivity contribution in [1.82, 2.24) is 0 Å². The lowest BCUT2D eigenvalue weighted by Gasteiger charge is -2.40. The van der Waals surface area contributed by atoms with Crippen molar-refractivity contribution in [2.75, 3.05) is 13.2 Å². The quantitative estimate of drug-likeness (QED) is 0.0228. The zero-order valence-electron chi connectivity index (χ0n) is 49.5. The van der Waals surface area contributed by atoms with Crippen molar-refractivity contribution in [3.8, 4) is 0 Å². The molecule has 0 aromatic heterocycles. The Hall–Kier alpha value is -3.06. The third-order valence-electron chi connectivity index (χ3n) is 14.7. The number of carbonyl (C=O) groups excluding carboxylic acids is 3. The van der Waals surface area contributed by atoms with Crippen LogP contribution < -0.4 is 0 Å². The van der Waals surface area contributed by atoms with Gasteiger partial charge < -0.3 is 39.0 Å². The zero-order chi connectivity index (χ0) is 56.1. The second-order valence-electron chi connectivity index (χ2n) is 22.0. The Morgan fingerprint density at radius 3 is 1.23 bits per heavy atom. The number of ether oxygens (including phenoxy) is 5. The van der Waals surface area contributed by atoms with Crippen LogP contribution in [0, 0.1) is 0 Å². The number of aliphatic hydroxyl groups excluding tert-OH is 2. The van der Waals surface area contributed by atoms with E-state index in [2.05, 4.69) is 57.2 Å². The average molecular weight is 1090 g/mol. The Morgan fingerprint density at radius 1 is 0.429 bits per heavy atom. The first-order valence-electron chi connectivity index (χ1n) is 32.0. The maximum absolute atomic E-state index is 13.2. The number of carboxylic acids is 1. The van der Waals surface area contributed by atoms with E-state index in [0.717, 1.165) is 96.3 Å². The Morgan fingerprint density at radius 2 is 0.805 bits per heavy atom. The molecular formula is C65H116O12. The van der Waals surface area contributed by atoms with Crippen molar-refractivity contribution in [1.29, 1.82) is 0 Å². The fraction of sp³-hybridized carbons (Fsp3) is 0.846. The van der Waals surface area contributed by atoms with Crippen LogP contribution in [-0.2, 0) is 42.9 Å². The highest BCUT2D eigenvalue weighted by atomic mass is 16.7. The molecule has 3 N–H and O–H groups in total. The van der Waals surface area contributed by atoms with E-state index in [0.29, 0.717) is 19.3 Å². The Balaban J connectivity index is 2.65. The van der Waals surface area contributed by atoms with Gasteiger partial charge in [-0.15, -0.1) is 0 Å². The number of rotatable bonds is 55. The van der Waals surface area contributed by atoms with Crippen molar-refractivity contribution in [3.63, 3.8) is 0 Å². The van der Waals surface area contributed by atoms with Crippen molar-refractivity contribution in [2.45, 2.75) is 340 Å². The molecule has 0 bridgehead atoms. The monoisotopic (exact) mass is 1090 g/mol. The second kappa shape index (κ2) is 53.6. The summed E-state index contributed by atoms with van der Waals surface area (Å²) in [5.74, 6) is -3.11. The lowest BCUT2D eigenvalue weighted by Crippen LogP contribution is -2.61. The fourth-order valence-corrected chi connectivity index (χ4v) is 9.76. The molecule has 1 heterocycles. The molecule has 0 aliphatic carbocycles. The molecule has 448 valence electrons. The van der Waals surface area contributed by atoms with Gasteiger partial charge in [0.05, 0.1) is 6.61 Å². The standard InChI is InChI=1S/C65H116O12/c1-4-7-10-13-16-19-22-25-27-29-31-34-36-39-42-45-48-51-57(66)73-54-56(75-58(67)52-49-46-43-40-37-33-24-21-18-15-12-9-6-3)55-74-65-63(61(70)60(69)62(77-65)64(71)72)76-59(68)53-50-47-44-41-38-35-32-30-28-26-23-20-17-14-11-8-5-2/h12,15,21,24-25,27,56,60-63,65,69-70H,4-11,13-14,16-20,22-23,26,28-55H2,1-3H3,(H,71,72)/b15-12-,24-21-,27-25-. The number of hydrogen-bond acceptors (Lipinski definition) is 11. The summed E-state index contributed by atoms with van der Waals surface area (Å²) in [5, 5.41) is 31.5. The van der Waals surface area contributed by atoms with Gasteiger partial charge in [0.15, 0.2) is 24.6 Å². The van der Waals surface area contributed by atoms with E-state index >= 15 is 0 Å². The molecule has 77 heavy (non-hydrogen) atoms. The van der Waals surface area contributed by atoms with E-state index in [-0.39, 0.29) is 25.9 Å². The SMILES string of the molecule is CCC/C=C\C/C=C\CCCCCCCC(=O)OC(COC(=O)CCCCCCCCC/C=C\CCCCCCCC)COC1OC(C(=O)O)C(O)C(O)C1OC(=O)CCCCCCCCCCCCCCCCCCC. The highest BCUT2D eigenvalue weighted by molar-refractivity contribution is 5.74. The molecule has 1 aliphatic heterocycles. The largest absolute Gasteiger partial charge is 0.479 e. The number of carbonyl (C=O) groups is 4. The minimum absolute atomic E-state index is 0.0640. The molecule has 1 aliphatic rings. The highest BCUT2D eigenvalue weighted by Crippen LogP contribution is 2.27. The van der Waals surface area contributed by atoms with Crippen LogP contribution in [0.15, 0.2) is 36.5 Å². The fourth-order valence-electron chi connectivity index (χ4n) is 9.76. The minimum atomic E-state index is -1.90. The van der Waals surface area contributed by atoms with E-state index in [1.807, 2.05) is 0 Å². The van der Waals surface area contributed by atoms with Crippen LogP contribution in [0.5, 0.6) is 0 Å². The van der Waals surface area contributed by atoms with Gasteiger partial charge in [0.25, 0.3) is 0 Å². The number of aliphatic carboxylic acids is 1. The van der Waals surface area contributed by atoms with Gasteiger partial charge in [-0.2, -0.15) is 0 Å². The van der Waals surface area contributed by atoms with Gasteiger partial charge in [-0.05, 0) is 70.6 Å². The van der Waals surface area contributed by atoms with Gasteiger partial charge in [0.2, 0.25) is 0 Å². The highest BCUT2D eigenvalue weighted by Gasteiger charge is 2.50. The van der Waals surface area contributed by atoms with Gasteiger partial charge in [0, 0.05) is 19.3 Å². The van der Waals surface area contributed by atoms with E-state index in [9.17, 15) is 34.5 Å². The molecule has 0 spiro atoms. The summed E-state index contributed by atoms with van der Waals surface area (Å²) in [5.41, 5.74) is 0. The predicted molar refractivity (Wildman–Crippen MR) is 313 cm³/mol. The number of allylic oxidation sites excluding steroid dienone is 6. The lowest BCUT2D eigenvalue weighted by molar-refractivity contribution is -0.301. The average Bonchev–Trinajstić information content (AvgIpc) is 3.42. The zero-order valence-corrected chi connectivity index (χ0v) is 49.5. The summed E-state index contributed by atoms with van der Waals surface area (Å²) < 4.78 is 28.5. The molecular weight excluding hydrogens is 973 g/mol. The third-order valence-corrected chi connectivity index (χ3v) is 14.7. The molecule has 0 aromatic rings. The molecule has 12 heteroatoms. The topological polar surface area (TPSA) is 175 Å². The van der Waals surface area contributed by atoms with Crippen molar-refractivity contribution < 1.29 is 58.2 Å². The van der Waals surface area contributed by atoms with Gasteiger partial charge in [-0.3, -0.25) is 14.4 Å². The maximum Gasteiger partial charge on any atom is 0.335 e. The number of aliphatic hydroxyl groups is 2. The molecule has 1 rings (SSSR count). The van der Waals surface area contributed by atoms with E-state index in [1.54, 1.807) is 0 Å². The van der Waals surface area contributed by atoms with E-state index in [1.165, 1.54) is 148 Å². The van der Waals surface area contributed by atoms with Crippen LogP contribution >= 0.6 is 0 Å². The van der Waals surface area contributed by atoms with Crippen molar-refractivity contribution in [3.05, 3.63) is 36.5 Å². The summed E-state index contributed by atoms with van der Waals surface area (Å²) in [6, 6.07) is 0. The third kappa shape index (κ3) is 43.4. The Kier molecular flexibility index (Phi) is 50.1. The van der Waals surface area contributed by atoms with Crippen LogP contribution in [0.2, 0.25) is 0 Å². The first kappa shape index (κ1) is 72.0. The lowest BCUT2D eigenvalue weighted by atomic mass is 9.98. The van der Waals surface area contributed by atoms with Crippen molar-refractivity contribution >= 4 is 23.9 Å².